The standard InChI is InChI=1S/C45H65FN2O4/c1-4-6-8-10-11-12-13-14-15-16-17-18-19-20-21-23-35-50-41-30-25-38(26-31-41)45(49)52-42-32-27-39(28-33-42)47-48-40-29-34-44(43(46)36-40)51-37(3)24-22-9-7-5-2/h25-34,36-37H,4-24,35H2,1-3H3. The average Bonchev–Trinajstić information content (AvgIpc) is 3.15. The van der Waals surface area contributed by atoms with E-state index in [-0.39, 0.29) is 11.9 Å². The third-order valence-electron chi connectivity index (χ3n) is 9.39. The zero-order valence-corrected chi connectivity index (χ0v) is 32.4. The molecule has 6 nitrogen and oxygen atoms in total. The first-order chi connectivity index (χ1) is 25.5. The zero-order chi connectivity index (χ0) is 37.1. The average molecular weight is 717 g/mol. The van der Waals surface area contributed by atoms with Gasteiger partial charge in [-0.3, -0.25) is 0 Å². The van der Waals surface area contributed by atoms with Crippen molar-refractivity contribution in [1.29, 1.82) is 0 Å². The lowest BCUT2D eigenvalue weighted by atomic mass is 10.0. The Labute approximate surface area is 314 Å². The predicted octanol–water partition coefficient (Wildman–Crippen LogP) is 14.8. The Bertz CT molecular complexity index is 1390. The van der Waals surface area contributed by atoms with Crippen LogP contribution in [-0.4, -0.2) is 18.7 Å². The minimum Gasteiger partial charge on any atom is -0.494 e. The van der Waals surface area contributed by atoms with Crippen LogP contribution in [-0.2, 0) is 0 Å². The van der Waals surface area contributed by atoms with Gasteiger partial charge in [-0.15, -0.1) is 0 Å². The van der Waals surface area contributed by atoms with Gasteiger partial charge in [0, 0.05) is 6.07 Å². The van der Waals surface area contributed by atoms with Gasteiger partial charge in [0.2, 0.25) is 0 Å². The number of benzene rings is 3. The molecule has 3 aromatic carbocycles. The van der Waals surface area contributed by atoms with Crippen molar-refractivity contribution in [2.75, 3.05) is 6.61 Å². The van der Waals surface area contributed by atoms with Crippen molar-refractivity contribution in [3.63, 3.8) is 0 Å². The van der Waals surface area contributed by atoms with Crippen LogP contribution in [0.25, 0.3) is 0 Å². The molecule has 0 aliphatic heterocycles. The molecule has 0 N–H and O–H groups in total. The minimum atomic E-state index is -0.464. The molecule has 1 unspecified atom stereocenters. The van der Waals surface area contributed by atoms with Gasteiger partial charge < -0.3 is 14.2 Å². The highest BCUT2D eigenvalue weighted by atomic mass is 19.1. The summed E-state index contributed by atoms with van der Waals surface area (Å²) in [6, 6.07) is 18.3. The molecule has 7 heteroatoms. The maximum Gasteiger partial charge on any atom is 0.343 e. The Hall–Kier alpha value is -3.74. The number of ether oxygens (including phenoxy) is 3. The van der Waals surface area contributed by atoms with E-state index in [4.69, 9.17) is 14.2 Å². The van der Waals surface area contributed by atoms with Gasteiger partial charge in [0.1, 0.15) is 11.5 Å². The van der Waals surface area contributed by atoms with Gasteiger partial charge >= 0.3 is 5.97 Å². The molecule has 0 saturated heterocycles. The summed E-state index contributed by atoms with van der Waals surface area (Å²) < 4.78 is 31.8. The lowest BCUT2D eigenvalue weighted by molar-refractivity contribution is 0.0734. The molecule has 0 radical (unpaired) electrons. The molecule has 286 valence electrons. The number of azo groups is 1. The molecule has 3 aromatic rings. The van der Waals surface area contributed by atoms with Crippen molar-refractivity contribution in [3.05, 3.63) is 78.1 Å². The fourth-order valence-electron chi connectivity index (χ4n) is 6.17. The highest BCUT2D eigenvalue weighted by Gasteiger charge is 2.11. The van der Waals surface area contributed by atoms with E-state index in [1.165, 1.54) is 122 Å². The second kappa shape index (κ2) is 26.9. The SMILES string of the molecule is CCCCCCCCCCCCCCCCCCOc1ccc(C(=O)Oc2ccc(N=Nc3ccc(OC(C)CCCCCC)c(F)c3)cc2)cc1. The molecular formula is C45H65FN2O4. The molecule has 3 rings (SSSR count). The number of carbonyl (C=O) groups excluding carboxylic acids is 1. The Kier molecular flexibility index (Phi) is 22.1. The number of nitrogens with zero attached hydrogens (tertiary/aromatic N) is 2. The molecule has 0 aliphatic carbocycles. The zero-order valence-electron chi connectivity index (χ0n) is 32.4. The third-order valence-corrected chi connectivity index (χ3v) is 9.39. The summed E-state index contributed by atoms with van der Waals surface area (Å²) in [5, 5.41) is 8.34. The van der Waals surface area contributed by atoms with Crippen molar-refractivity contribution in [3.8, 4) is 17.2 Å². The fraction of sp³-hybridized carbons (Fsp3) is 0.578. The number of hydrogen-bond donors (Lipinski definition) is 0. The van der Waals surface area contributed by atoms with E-state index in [2.05, 4.69) is 24.1 Å². The van der Waals surface area contributed by atoms with Crippen LogP contribution in [0.3, 0.4) is 0 Å². The van der Waals surface area contributed by atoms with Crippen LogP contribution in [0.4, 0.5) is 15.8 Å². The van der Waals surface area contributed by atoms with Crippen LogP contribution in [0.1, 0.15) is 166 Å². The van der Waals surface area contributed by atoms with E-state index in [0.29, 0.717) is 29.3 Å². The number of esters is 1. The van der Waals surface area contributed by atoms with Gasteiger partial charge in [0.15, 0.2) is 11.6 Å². The van der Waals surface area contributed by atoms with Gasteiger partial charge in [-0.05, 0) is 86.8 Å². The molecule has 0 spiro atoms. The lowest BCUT2D eigenvalue weighted by Crippen LogP contribution is -2.12. The Balaban J connectivity index is 1.26. The molecule has 0 heterocycles. The second-order valence-corrected chi connectivity index (χ2v) is 14.2. The van der Waals surface area contributed by atoms with Crippen LogP contribution in [0.5, 0.6) is 17.2 Å². The number of halogens is 1. The molecule has 0 aromatic heterocycles. The number of carbonyl (C=O) groups is 1. The van der Waals surface area contributed by atoms with E-state index in [9.17, 15) is 9.18 Å². The topological polar surface area (TPSA) is 69.5 Å². The number of unbranched alkanes of at least 4 members (excludes halogenated alkanes) is 18. The number of rotatable bonds is 29. The number of hydrogen-bond acceptors (Lipinski definition) is 6. The van der Waals surface area contributed by atoms with Crippen LogP contribution >= 0.6 is 0 Å². The first-order valence-corrected chi connectivity index (χ1v) is 20.4. The minimum absolute atomic E-state index is 0.0526. The maximum atomic E-state index is 14.6. The van der Waals surface area contributed by atoms with Gasteiger partial charge in [0.05, 0.1) is 29.6 Å². The first kappa shape index (κ1) is 42.7. The van der Waals surface area contributed by atoms with Crippen LogP contribution in [0, 0.1) is 5.82 Å². The normalized spacial score (nSPS) is 11.9. The maximum absolute atomic E-state index is 14.6. The largest absolute Gasteiger partial charge is 0.494 e. The molecule has 0 bridgehead atoms. The van der Waals surface area contributed by atoms with E-state index in [1.54, 1.807) is 48.5 Å². The van der Waals surface area contributed by atoms with Gasteiger partial charge in [-0.2, -0.15) is 10.2 Å². The second-order valence-electron chi connectivity index (χ2n) is 14.2. The van der Waals surface area contributed by atoms with E-state index >= 15 is 0 Å². The fourth-order valence-corrected chi connectivity index (χ4v) is 6.17. The summed E-state index contributed by atoms with van der Waals surface area (Å²) in [5.74, 6) is 0.451. The van der Waals surface area contributed by atoms with Crippen molar-refractivity contribution in [2.45, 2.75) is 162 Å². The Morgan fingerprint density at radius 2 is 1.08 bits per heavy atom. The summed E-state index contributed by atoms with van der Waals surface area (Å²) >= 11 is 0. The molecular weight excluding hydrogens is 652 g/mol. The van der Waals surface area contributed by atoms with Crippen molar-refractivity contribution in [2.24, 2.45) is 10.2 Å². The van der Waals surface area contributed by atoms with Crippen LogP contribution < -0.4 is 14.2 Å². The Morgan fingerprint density at radius 3 is 1.63 bits per heavy atom. The van der Waals surface area contributed by atoms with Crippen molar-refractivity contribution in [1.82, 2.24) is 0 Å². The highest BCUT2D eigenvalue weighted by molar-refractivity contribution is 5.91. The summed E-state index contributed by atoms with van der Waals surface area (Å²) in [6.07, 6.45) is 27.0. The van der Waals surface area contributed by atoms with E-state index < -0.39 is 11.8 Å². The molecule has 1 atom stereocenters. The summed E-state index contributed by atoms with van der Waals surface area (Å²) in [5.41, 5.74) is 1.37. The predicted molar refractivity (Wildman–Crippen MR) is 212 cm³/mol. The Morgan fingerprint density at radius 1 is 0.596 bits per heavy atom. The molecule has 0 amide bonds. The molecule has 52 heavy (non-hydrogen) atoms. The van der Waals surface area contributed by atoms with Crippen LogP contribution in [0.2, 0.25) is 0 Å². The van der Waals surface area contributed by atoms with Crippen LogP contribution in [0.15, 0.2) is 77.0 Å². The van der Waals surface area contributed by atoms with Gasteiger partial charge in [-0.1, -0.05) is 129 Å². The molecule has 0 saturated carbocycles. The van der Waals surface area contributed by atoms with Gasteiger partial charge in [-0.25, -0.2) is 9.18 Å². The quantitative estimate of drug-likeness (QED) is 0.0310. The smallest absolute Gasteiger partial charge is 0.343 e. The summed E-state index contributed by atoms with van der Waals surface area (Å²) in [7, 11) is 0. The molecule has 0 fully saturated rings. The third kappa shape index (κ3) is 18.7. The summed E-state index contributed by atoms with van der Waals surface area (Å²) in [4.78, 5) is 12.7. The van der Waals surface area contributed by atoms with Gasteiger partial charge in [0.25, 0.3) is 0 Å². The molecule has 0 aliphatic rings. The lowest BCUT2D eigenvalue weighted by Gasteiger charge is -2.15. The summed E-state index contributed by atoms with van der Waals surface area (Å²) in [6.45, 7) is 7.10. The van der Waals surface area contributed by atoms with Crippen molar-refractivity contribution >= 4 is 17.3 Å². The highest BCUT2D eigenvalue weighted by Crippen LogP contribution is 2.27. The van der Waals surface area contributed by atoms with E-state index in [1.807, 2.05) is 19.1 Å². The van der Waals surface area contributed by atoms with Crippen molar-refractivity contribution < 1.29 is 23.4 Å². The monoisotopic (exact) mass is 716 g/mol. The van der Waals surface area contributed by atoms with E-state index in [0.717, 1.165) is 25.0 Å². The first-order valence-electron chi connectivity index (χ1n) is 20.4.